The molecular formula is C13H11IN4O. The molecule has 0 spiro atoms. The number of hydrogen-bond donors (Lipinski definition) is 0. The molecule has 3 aromatic rings. The molecule has 2 aromatic heterocycles. The molecule has 6 heteroatoms. The highest BCUT2D eigenvalue weighted by molar-refractivity contribution is 14.1. The van der Waals surface area contributed by atoms with Gasteiger partial charge in [0.2, 0.25) is 0 Å². The van der Waals surface area contributed by atoms with Gasteiger partial charge in [0.1, 0.15) is 21.3 Å². The van der Waals surface area contributed by atoms with Crippen molar-refractivity contribution >= 4 is 33.8 Å². The second-order valence-electron chi connectivity index (χ2n) is 4.06. The van der Waals surface area contributed by atoms with Crippen LogP contribution >= 0.6 is 22.6 Å². The minimum atomic E-state index is 0.730. The Labute approximate surface area is 123 Å². The van der Waals surface area contributed by atoms with Crippen LogP contribution < -0.4 is 4.74 Å². The maximum Gasteiger partial charge on any atom is 0.164 e. The number of halogens is 1. The maximum absolute atomic E-state index is 5.15. The first-order valence-corrected chi connectivity index (χ1v) is 6.80. The molecule has 0 N–H and O–H groups in total. The predicted octanol–water partition coefficient (Wildman–Crippen LogP) is 2.49. The summed E-state index contributed by atoms with van der Waals surface area (Å²) in [6, 6.07) is 7.98. The van der Waals surface area contributed by atoms with E-state index in [1.54, 1.807) is 19.8 Å². The Balaban J connectivity index is 1.94. The van der Waals surface area contributed by atoms with Crippen LogP contribution in [0.2, 0.25) is 0 Å². The molecule has 3 rings (SSSR count). The molecule has 0 saturated carbocycles. The molecule has 0 fully saturated rings. The van der Waals surface area contributed by atoms with Crippen molar-refractivity contribution in [1.82, 2.24) is 19.5 Å². The Morgan fingerprint density at radius 2 is 1.95 bits per heavy atom. The number of imidazole rings is 1. The fraction of sp³-hybridized carbons (Fsp3) is 0.154. The van der Waals surface area contributed by atoms with Crippen molar-refractivity contribution in [1.29, 1.82) is 0 Å². The molecule has 0 bridgehead atoms. The van der Waals surface area contributed by atoms with Crippen molar-refractivity contribution in [3.63, 3.8) is 0 Å². The lowest BCUT2D eigenvalue weighted by Gasteiger charge is -2.05. The second kappa shape index (κ2) is 5.12. The van der Waals surface area contributed by atoms with Gasteiger partial charge < -0.3 is 9.30 Å². The van der Waals surface area contributed by atoms with Gasteiger partial charge in [-0.15, -0.1) is 0 Å². The average molecular weight is 366 g/mol. The van der Waals surface area contributed by atoms with E-state index in [0.29, 0.717) is 0 Å². The fourth-order valence-corrected chi connectivity index (χ4v) is 2.40. The van der Waals surface area contributed by atoms with Gasteiger partial charge in [0.05, 0.1) is 20.0 Å². The number of benzene rings is 1. The summed E-state index contributed by atoms with van der Waals surface area (Å²) < 4.78 is 8.04. The number of fused-ring (bicyclic) bond motifs is 1. The summed E-state index contributed by atoms with van der Waals surface area (Å²) in [6.07, 6.45) is 3.36. The summed E-state index contributed by atoms with van der Waals surface area (Å²) in [5.41, 5.74) is 2.88. The fourth-order valence-electron chi connectivity index (χ4n) is 1.90. The minimum Gasteiger partial charge on any atom is -0.497 e. The van der Waals surface area contributed by atoms with Crippen LogP contribution in [-0.4, -0.2) is 26.6 Å². The monoisotopic (exact) mass is 366 g/mol. The molecular weight excluding hydrogens is 355 g/mol. The van der Waals surface area contributed by atoms with Gasteiger partial charge >= 0.3 is 0 Å². The molecule has 2 heterocycles. The highest BCUT2D eigenvalue weighted by atomic mass is 127. The second-order valence-corrected chi connectivity index (χ2v) is 5.08. The molecule has 0 saturated heterocycles. The molecule has 5 nitrogen and oxygen atoms in total. The molecule has 0 atom stereocenters. The van der Waals surface area contributed by atoms with Gasteiger partial charge in [-0.25, -0.2) is 15.0 Å². The zero-order valence-corrected chi connectivity index (χ0v) is 12.4. The van der Waals surface area contributed by atoms with E-state index in [9.17, 15) is 0 Å². The number of hydrogen-bond acceptors (Lipinski definition) is 4. The maximum atomic E-state index is 5.15. The van der Waals surface area contributed by atoms with Gasteiger partial charge in [0.25, 0.3) is 0 Å². The van der Waals surface area contributed by atoms with E-state index in [2.05, 4.69) is 37.5 Å². The van der Waals surface area contributed by atoms with Crippen LogP contribution in [0.15, 0.2) is 36.9 Å². The van der Waals surface area contributed by atoms with Gasteiger partial charge in [-0.1, -0.05) is 12.1 Å². The minimum absolute atomic E-state index is 0.730. The summed E-state index contributed by atoms with van der Waals surface area (Å²) in [5, 5.41) is 0. The average Bonchev–Trinajstić information content (AvgIpc) is 2.84. The first-order chi connectivity index (χ1) is 9.28. The molecule has 0 radical (unpaired) electrons. The van der Waals surface area contributed by atoms with E-state index in [4.69, 9.17) is 4.74 Å². The van der Waals surface area contributed by atoms with Crippen LogP contribution in [0, 0.1) is 3.70 Å². The highest BCUT2D eigenvalue weighted by Crippen LogP contribution is 2.17. The van der Waals surface area contributed by atoms with E-state index in [0.717, 1.165) is 27.2 Å². The quantitative estimate of drug-likeness (QED) is 0.528. The number of nitrogens with zero attached hydrogens (tertiary/aromatic N) is 4. The lowest BCUT2D eigenvalue weighted by Crippen LogP contribution is -1.99. The molecule has 19 heavy (non-hydrogen) atoms. The molecule has 0 aliphatic rings. The number of methoxy groups -OCH3 is 1. The molecule has 0 aliphatic carbocycles. The summed E-state index contributed by atoms with van der Waals surface area (Å²) in [7, 11) is 1.66. The van der Waals surface area contributed by atoms with Crippen LogP contribution in [0.1, 0.15) is 5.56 Å². The first kappa shape index (κ1) is 12.3. The molecule has 0 amide bonds. The summed E-state index contributed by atoms with van der Waals surface area (Å²) in [5.74, 6) is 0.858. The first-order valence-electron chi connectivity index (χ1n) is 5.72. The summed E-state index contributed by atoms with van der Waals surface area (Å²) in [6.45, 7) is 0.730. The van der Waals surface area contributed by atoms with Gasteiger partial charge in [-0.2, -0.15) is 0 Å². The zero-order valence-electron chi connectivity index (χ0n) is 10.2. The van der Waals surface area contributed by atoms with Crippen molar-refractivity contribution in [3.05, 3.63) is 46.2 Å². The zero-order chi connectivity index (χ0) is 13.2. The topological polar surface area (TPSA) is 52.8 Å². The van der Waals surface area contributed by atoms with Gasteiger partial charge in [0.15, 0.2) is 5.65 Å². The van der Waals surface area contributed by atoms with Crippen molar-refractivity contribution in [3.8, 4) is 5.75 Å². The van der Waals surface area contributed by atoms with Crippen LogP contribution in [0.4, 0.5) is 0 Å². The van der Waals surface area contributed by atoms with Crippen molar-refractivity contribution < 1.29 is 4.74 Å². The van der Waals surface area contributed by atoms with Crippen LogP contribution in [0.5, 0.6) is 5.75 Å². The van der Waals surface area contributed by atoms with E-state index in [-0.39, 0.29) is 0 Å². The molecule has 0 aliphatic heterocycles. The van der Waals surface area contributed by atoms with E-state index in [1.165, 1.54) is 5.56 Å². The van der Waals surface area contributed by atoms with E-state index >= 15 is 0 Å². The summed E-state index contributed by atoms with van der Waals surface area (Å²) in [4.78, 5) is 12.8. The van der Waals surface area contributed by atoms with Gasteiger partial charge in [-0.3, -0.25) is 0 Å². The third kappa shape index (κ3) is 2.40. The van der Waals surface area contributed by atoms with Crippen LogP contribution in [-0.2, 0) is 6.54 Å². The number of rotatable bonds is 3. The largest absolute Gasteiger partial charge is 0.497 e. The van der Waals surface area contributed by atoms with E-state index < -0.39 is 0 Å². The van der Waals surface area contributed by atoms with E-state index in [1.807, 2.05) is 28.8 Å². The van der Waals surface area contributed by atoms with Gasteiger partial charge in [-0.05, 0) is 40.3 Å². The Kier molecular flexibility index (Phi) is 3.33. The lowest BCUT2D eigenvalue weighted by molar-refractivity contribution is 0.414. The third-order valence-corrected chi connectivity index (χ3v) is 3.66. The Bertz CT molecular complexity index is 708. The van der Waals surface area contributed by atoms with Gasteiger partial charge in [0, 0.05) is 0 Å². The van der Waals surface area contributed by atoms with Crippen molar-refractivity contribution in [2.45, 2.75) is 6.54 Å². The van der Waals surface area contributed by atoms with Crippen molar-refractivity contribution in [2.75, 3.05) is 7.11 Å². The lowest BCUT2D eigenvalue weighted by atomic mass is 10.2. The molecule has 0 unspecified atom stereocenters. The third-order valence-electron chi connectivity index (χ3n) is 2.87. The normalized spacial score (nSPS) is 10.8. The standard InChI is InChI=1S/C13H11IN4O/c1-19-10-4-2-9(3-5-10)6-18-8-17-11-12(14)15-7-16-13(11)18/h2-5,7-8H,6H2,1H3. The van der Waals surface area contributed by atoms with Crippen LogP contribution in [0.25, 0.3) is 11.2 Å². The Hall–Kier alpha value is -1.70. The SMILES string of the molecule is COc1ccc(Cn2cnc3c(I)ncnc32)cc1. The Morgan fingerprint density at radius 1 is 1.16 bits per heavy atom. The highest BCUT2D eigenvalue weighted by Gasteiger charge is 2.08. The summed E-state index contributed by atoms with van der Waals surface area (Å²) >= 11 is 2.17. The smallest absolute Gasteiger partial charge is 0.164 e. The molecule has 96 valence electrons. The van der Waals surface area contributed by atoms with Crippen molar-refractivity contribution in [2.24, 2.45) is 0 Å². The van der Waals surface area contributed by atoms with Crippen LogP contribution in [0.3, 0.4) is 0 Å². The number of aromatic nitrogens is 4. The molecule has 1 aromatic carbocycles. The Morgan fingerprint density at radius 3 is 2.68 bits per heavy atom. The number of ether oxygens (including phenoxy) is 1. The predicted molar refractivity (Wildman–Crippen MR) is 80.1 cm³/mol.